The zero-order chi connectivity index (χ0) is 12.8. The first-order chi connectivity index (χ1) is 8.04. The largest absolute Gasteiger partial charge is 0.480 e. The van der Waals surface area contributed by atoms with Gasteiger partial charge in [0.25, 0.3) is 0 Å². The van der Waals surface area contributed by atoms with Crippen LogP contribution in [0.25, 0.3) is 0 Å². The summed E-state index contributed by atoms with van der Waals surface area (Å²) in [6.07, 6.45) is 0.357. The number of amides is 2. The number of nitrogens with one attached hydrogen (secondary N) is 2. The van der Waals surface area contributed by atoms with E-state index in [9.17, 15) is 9.59 Å². The monoisotopic (exact) mass is 256 g/mol. The van der Waals surface area contributed by atoms with Crippen LogP contribution in [0.5, 0.6) is 0 Å². The lowest BCUT2D eigenvalue weighted by Gasteiger charge is -2.16. The summed E-state index contributed by atoms with van der Waals surface area (Å²) in [6, 6.07) is 2.40. The van der Waals surface area contributed by atoms with Crippen LogP contribution >= 0.6 is 11.3 Å². The van der Waals surface area contributed by atoms with E-state index in [2.05, 4.69) is 10.6 Å². The fraction of sp³-hybridized carbons (Fsp3) is 0.455. The van der Waals surface area contributed by atoms with Gasteiger partial charge in [0, 0.05) is 4.88 Å². The molecule has 1 heterocycles. The van der Waals surface area contributed by atoms with Gasteiger partial charge in [-0.1, -0.05) is 13.0 Å². The zero-order valence-electron chi connectivity index (χ0n) is 9.77. The highest BCUT2D eigenvalue weighted by molar-refractivity contribution is 7.10. The molecule has 1 aromatic heterocycles. The number of hydrogen-bond donors (Lipinski definition) is 3. The fourth-order valence-electron chi connectivity index (χ4n) is 1.34. The molecule has 17 heavy (non-hydrogen) atoms. The summed E-state index contributed by atoms with van der Waals surface area (Å²) in [5.74, 6) is -1.02. The average Bonchev–Trinajstić information content (AvgIpc) is 2.78. The smallest absolute Gasteiger partial charge is 0.326 e. The molecule has 0 saturated heterocycles. The SMILES string of the molecule is CCC(NC(=O)NC(C)c1cccs1)C(=O)O. The second kappa shape index (κ2) is 6.24. The van der Waals surface area contributed by atoms with Gasteiger partial charge in [0.05, 0.1) is 6.04 Å². The standard InChI is InChI=1S/C11H16N2O3S/c1-3-8(10(14)15)13-11(16)12-7(2)9-5-4-6-17-9/h4-8H,3H2,1-2H3,(H,14,15)(H2,12,13,16). The maximum Gasteiger partial charge on any atom is 0.326 e. The zero-order valence-corrected chi connectivity index (χ0v) is 10.6. The Kier molecular flexibility index (Phi) is 4.96. The Morgan fingerprint density at radius 3 is 2.65 bits per heavy atom. The van der Waals surface area contributed by atoms with Crippen LogP contribution in [0, 0.1) is 0 Å². The molecule has 0 aliphatic heterocycles. The molecule has 0 bridgehead atoms. The number of carbonyl (C=O) groups excluding carboxylic acids is 1. The van der Waals surface area contributed by atoms with Crippen molar-refractivity contribution in [1.29, 1.82) is 0 Å². The quantitative estimate of drug-likeness (QED) is 0.753. The number of thiophene rings is 1. The number of hydrogen-bond acceptors (Lipinski definition) is 3. The minimum atomic E-state index is -1.02. The molecule has 0 saturated carbocycles. The van der Waals surface area contributed by atoms with Crippen LogP contribution in [-0.2, 0) is 4.79 Å². The fourth-order valence-corrected chi connectivity index (χ4v) is 2.08. The van der Waals surface area contributed by atoms with E-state index in [1.54, 1.807) is 18.3 Å². The normalized spacial score (nSPS) is 13.8. The average molecular weight is 256 g/mol. The van der Waals surface area contributed by atoms with Gasteiger partial charge in [-0.05, 0) is 24.8 Å². The molecular weight excluding hydrogens is 240 g/mol. The van der Waals surface area contributed by atoms with Gasteiger partial charge < -0.3 is 15.7 Å². The van der Waals surface area contributed by atoms with E-state index in [-0.39, 0.29) is 6.04 Å². The Balaban J connectivity index is 2.47. The van der Waals surface area contributed by atoms with E-state index in [0.717, 1.165) is 4.88 Å². The molecule has 1 aromatic rings. The second-order valence-corrected chi connectivity index (χ2v) is 4.63. The minimum Gasteiger partial charge on any atom is -0.480 e. The predicted molar refractivity (Wildman–Crippen MR) is 66.1 cm³/mol. The van der Waals surface area contributed by atoms with E-state index in [1.165, 1.54) is 0 Å². The number of aliphatic carboxylic acids is 1. The predicted octanol–water partition coefficient (Wildman–Crippen LogP) is 1.97. The van der Waals surface area contributed by atoms with Gasteiger partial charge >= 0.3 is 12.0 Å². The topological polar surface area (TPSA) is 78.4 Å². The van der Waals surface area contributed by atoms with Crippen LogP contribution < -0.4 is 10.6 Å². The molecule has 5 nitrogen and oxygen atoms in total. The van der Waals surface area contributed by atoms with Crippen molar-refractivity contribution in [3.05, 3.63) is 22.4 Å². The first-order valence-corrected chi connectivity index (χ1v) is 6.25. The molecule has 0 aromatic carbocycles. The van der Waals surface area contributed by atoms with Crippen molar-refractivity contribution in [2.45, 2.75) is 32.4 Å². The first kappa shape index (κ1) is 13.5. The maximum atomic E-state index is 11.5. The van der Waals surface area contributed by atoms with Crippen LogP contribution in [0.1, 0.15) is 31.2 Å². The van der Waals surface area contributed by atoms with Crippen molar-refractivity contribution in [1.82, 2.24) is 10.6 Å². The van der Waals surface area contributed by atoms with E-state index in [1.807, 2.05) is 24.4 Å². The molecule has 0 spiro atoms. The molecule has 94 valence electrons. The molecule has 0 radical (unpaired) electrons. The highest BCUT2D eigenvalue weighted by Gasteiger charge is 2.18. The maximum absolute atomic E-state index is 11.5. The van der Waals surface area contributed by atoms with Crippen molar-refractivity contribution < 1.29 is 14.7 Å². The van der Waals surface area contributed by atoms with Crippen molar-refractivity contribution in [3.63, 3.8) is 0 Å². The van der Waals surface area contributed by atoms with E-state index >= 15 is 0 Å². The molecule has 2 atom stereocenters. The van der Waals surface area contributed by atoms with E-state index < -0.39 is 18.0 Å². The molecular formula is C11H16N2O3S. The Morgan fingerprint density at radius 2 is 2.18 bits per heavy atom. The Bertz CT molecular complexity index is 378. The van der Waals surface area contributed by atoms with Gasteiger partial charge in [-0.15, -0.1) is 11.3 Å². The number of urea groups is 1. The third-order valence-electron chi connectivity index (χ3n) is 2.33. The molecule has 0 aliphatic carbocycles. The molecule has 6 heteroatoms. The molecule has 1 rings (SSSR count). The Hall–Kier alpha value is -1.56. The van der Waals surface area contributed by atoms with Gasteiger partial charge in [0.2, 0.25) is 0 Å². The van der Waals surface area contributed by atoms with E-state index in [0.29, 0.717) is 6.42 Å². The van der Waals surface area contributed by atoms with Gasteiger partial charge in [-0.2, -0.15) is 0 Å². The summed E-state index contributed by atoms with van der Waals surface area (Å²) in [5.41, 5.74) is 0. The molecule has 0 aliphatic rings. The van der Waals surface area contributed by atoms with E-state index in [4.69, 9.17) is 5.11 Å². The van der Waals surface area contributed by atoms with Crippen LogP contribution in [0.15, 0.2) is 17.5 Å². The van der Waals surface area contributed by atoms with Gasteiger partial charge in [-0.3, -0.25) is 0 Å². The molecule has 2 unspecified atom stereocenters. The molecule has 0 fully saturated rings. The van der Waals surface area contributed by atoms with Crippen LogP contribution in [0.4, 0.5) is 4.79 Å². The highest BCUT2D eigenvalue weighted by atomic mass is 32.1. The number of carboxylic acids is 1. The second-order valence-electron chi connectivity index (χ2n) is 3.65. The van der Waals surface area contributed by atoms with Crippen LogP contribution in [0.3, 0.4) is 0 Å². The third kappa shape index (κ3) is 4.07. The van der Waals surface area contributed by atoms with Gasteiger partial charge in [0.1, 0.15) is 6.04 Å². The summed E-state index contributed by atoms with van der Waals surface area (Å²) in [5, 5.41) is 15.8. The van der Waals surface area contributed by atoms with Crippen molar-refractivity contribution in [2.24, 2.45) is 0 Å². The van der Waals surface area contributed by atoms with Crippen LogP contribution in [-0.4, -0.2) is 23.1 Å². The summed E-state index contributed by atoms with van der Waals surface area (Å²) < 4.78 is 0. The third-order valence-corrected chi connectivity index (χ3v) is 3.38. The highest BCUT2D eigenvalue weighted by Crippen LogP contribution is 2.17. The van der Waals surface area contributed by atoms with Gasteiger partial charge in [-0.25, -0.2) is 9.59 Å². The number of carboxylic acid groups (broad SMARTS) is 1. The molecule has 2 amide bonds. The summed E-state index contributed by atoms with van der Waals surface area (Å²) in [6.45, 7) is 3.56. The van der Waals surface area contributed by atoms with Gasteiger partial charge in [0.15, 0.2) is 0 Å². The molecule has 3 N–H and O–H groups in total. The Labute approximate surface area is 104 Å². The summed E-state index contributed by atoms with van der Waals surface area (Å²) in [7, 11) is 0. The summed E-state index contributed by atoms with van der Waals surface area (Å²) >= 11 is 1.55. The first-order valence-electron chi connectivity index (χ1n) is 5.37. The Morgan fingerprint density at radius 1 is 1.47 bits per heavy atom. The lowest BCUT2D eigenvalue weighted by Crippen LogP contribution is -2.46. The van der Waals surface area contributed by atoms with Crippen molar-refractivity contribution >= 4 is 23.3 Å². The van der Waals surface area contributed by atoms with Crippen molar-refractivity contribution in [2.75, 3.05) is 0 Å². The summed E-state index contributed by atoms with van der Waals surface area (Å²) in [4.78, 5) is 23.3. The number of rotatable bonds is 5. The lowest BCUT2D eigenvalue weighted by atomic mass is 10.2. The minimum absolute atomic E-state index is 0.124. The van der Waals surface area contributed by atoms with Crippen molar-refractivity contribution in [3.8, 4) is 0 Å². The van der Waals surface area contributed by atoms with Crippen LogP contribution in [0.2, 0.25) is 0 Å². The number of carbonyl (C=O) groups is 2. The lowest BCUT2D eigenvalue weighted by molar-refractivity contribution is -0.139.